The number of allylic oxidation sites excluding steroid dienone is 4. The minimum Gasteiger partial charge on any atom is -0.382 e. The Morgan fingerprint density at radius 3 is 2.79 bits per heavy atom. The highest BCUT2D eigenvalue weighted by Gasteiger charge is 2.31. The molecule has 0 fully saturated rings. The van der Waals surface area contributed by atoms with Gasteiger partial charge in [0.05, 0.1) is 17.7 Å². The summed E-state index contributed by atoms with van der Waals surface area (Å²) in [5, 5.41) is 3.11. The molecule has 0 atom stereocenters. The molecule has 4 rings (SSSR count). The number of benzene rings is 1. The number of aliphatic imine (C=N–C) groups is 3. The Bertz CT molecular complexity index is 1190. The van der Waals surface area contributed by atoms with Crippen molar-refractivity contribution >= 4 is 40.9 Å². The Morgan fingerprint density at radius 2 is 2.15 bits per heavy atom. The number of hydrogen-bond donors (Lipinski definition) is 2. The molecule has 7 nitrogen and oxygen atoms in total. The number of rotatable bonds is 5. The van der Waals surface area contributed by atoms with Crippen LogP contribution in [-0.4, -0.2) is 39.6 Å². The van der Waals surface area contributed by atoms with E-state index >= 15 is 0 Å². The molecule has 0 saturated carbocycles. The lowest BCUT2D eigenvalue weighted by Crippen LogP contribution is -2.27. The minimum atomic E-state index is -0.214. The van der Waals surface area contributed by atoms with E-state index in [0.717, 1.165) is 46.2 Å². The monoisotopic (exact) mass is 465 g/mol. The van der Waals surface area contributed by atoms with Gasteiger partial charge in [0.15, 0.2) is 11.0 Å². The average Bonchev–Trinajstić information content (AvgIpc) is 3.45. The Balaban J connectivity index is 0.000000235. The van der Waals surface area contributed by atoms with Gasteiger partial charge in [0, 0.05) is 18.3 Å². The molecule has 1 aromatic heterocycles. The van der Waals surface area contributed by atoms with E-state index in [4.69, 9.17) is 10.7 Å². The summed E-state index contributed by atoms with van der Waals surface area (Å²) < 4.78 is 13.7. The Kier molecular flexibility index (Phi) is 8.00. The Hall–Kier alpha value is -3.46. The summed E-state index contributed by atoms with van der Waals surface area (Å²) in [5.74, 6) is 0.645. The quantitative estimate of drug-likeness (QED) is 0.444. The molecule has 0 saturated heterocycles. The van der Waals surface area contributed by atoms with Gasteiger partial charge in [-0.25, -0.2) is 19.4 Å². The first kappa shape index (κ1) is 24.2. The first-order valence-corrected chi connectivity index (χ1v) is 11.5. The van der Waals surface area contributed by atoms with Crippen molar-refractivity contribution in [3.8, 4) is 0 Å². The van der Waals surface area contributed by atoms with Crippen LogP contribution in [0.5, 0.6) is 0 Å². The van der Waals surface area contributed by atoms with E-state index in [9.17, 15) is 4.39 Å². The van der Waals surface area contributed by atoms with Crippen LogP contribution in [0.15, 0.2) is 74.1 Å². The Labute approximate surface area is 197 Å². The number of thioether (sulfide) groups is 1. The average molecular weight is 466 g/mol. The summed E-state index contributed by atoms with van der Waals surface area (Å²) in [6.45, 7) is 9.64. The van der Waals surface area contributed by atoms with Crippen LogP contribution in [-0.2, 0) is 0 Å². The topological polar surface area (TPSA) is 95.0 Å². The van der Waals surface area contributed by atoms with Crippen LogP contribution in [0.1, 0.15) is 44.9 Å². The van der Waals surface area contributed by atoms with E-state index in [1.165, 1.54) is 12.4 Å². The first-order valence-electron chi connectivity index (χ1n) is 10.6. The fourth-order valence-corrected chi connectivity index (χ4v) is 4.39. The number of aromatic nitrogens is 2. The molecule has 172 valence electrons. The van der Waals surface area contributed by atoms with Crippen molar-refractivity contribution in [2.75, 3.05) is 7.05 Å². The van der Waals surface area contributed by atoms with Crippen molar-refractivity contribution in [2.24, 2.45) is 20.7 Å². The van der Waals surface area contributed by atoms with Gasteiger partial charge < -0.3 is 10.7 Å². The molecular weight excluding hydrogens is 437 g/mol. The van der Waals surface area contributed by atoms with Crippen molar-refractivity contribution in [3.63, 3.8) is 0 Å². The van der Waals surface area contributed by atoms with Crippen molar-refractivity contribution in [1.82, 2.24) is 14.9 Å². The third-order valence-electron chi connectivity index (χ3n) is 5.01. The lowest BCUT2D eigenvalue weighted by atomic mass is 9.96. The van der Waals surface area contributed by atoms with Crippen molar-refractivity contribution in [3.05, 3.63) is 76.2 Å². The number of imidazole rings is 1. The molecule has 3 N–H and O–H groups in total. The van der Waals surface area contributed by atoms with Gasteiger partial charge in [-0.2, -0.15) is 0 Å². The number of fused-ring (bicyclic) bond motifs is 1. The molecule has 0 bridgehead atoms. The molecule has 0 amide bonds. The molecule has 2 aliphatic rings. The summed E-state index contributed by atoms with van der Waals surface area (Å²) in [6.07, 6.45) is 5.45. The highest BCUT2D eigenvalue weighted by molar-refractivity contribution is 8.16. The molecule has 2 aliphatic heterocycles. The molecule has 2 aromatic rings. The second kappa shape index (κ2) is 10.9. The summed E-state index contributed by atoms with van der Waals surface area (Å²) >= 11 is 1.65. The third kappa shape index (κ3) is 5.14. The maximum atomic E-state index is 13.7. The van der Waals surface area contributed by atoms with Crippen LogP contribution >= 0.6 is 11.8 Å². The fourth-order valence-electron chi connectivity index (χ4n) is 3.50. The highest BCUT2D eigenvalue weighted by atomic mass is 32.2. The molecule has 1 aromatic carbocycles. The molecule has 0 aliphatic carbocycles. The molecule has 9 heteroatoms. The van der Waals surface area contributed by atoms with Crippen molar-refractivity contribution in [2.45, 2.75) is 33.6 Å². The van der Waals surface area contributed by atoms with Gasteiger partial charge >= 0.3 is 0 Å². The maximum Gasteiger partial charge on any atom is 0.180 e. The van der Waals surface area contributed by atoms with E-state index in [1.54, 1.807) is 30.9 Å². The van der Waals surface area contributed by atoms with Crippen LogP contribution in [0.3, 0.4) is 0 Å². The van der Waals surface area contributed by atoms with E-state index in [0.29, 0.717) is 17.3 Å². The van der Waals surface area contributed by atoms with Crippen LogP contribution < -0.4 is 5.73 Å². The number of H-pyrrole nitrogens is 1. The number of halogens is 1. The fraction of sp³-hybridized carbons (Fsp3) is 0.250. The number of amidine groups is 2. The summed E-state index contributed by atoms with van der Waals surface area (Å²) in [4.78, 5) is 21.1. The van der Waals surface area contributed by atoms with Gasteiger partial charge in [-0.3, -0.25) is 9.89 Å². The zero-order chi connectivity index (χ0) is 24.0. The predicted octanol–water partition coefficient (Wildman–Crippen LogP) is 5.60. The first-order chi connectivity index (χ1) is 15.9. The number of nitrogens with zero attached hydrogens (tertiary/aromatic N) is 5. The lowest BCUT2D eigenvalue weighted by molar-refractivity contribution is 0.626. The number of aromatic amines is 1. The van der Waals surface area contributed by atoms with Gasteiger partial charge in [-0.1, -0.05) is 43.8 Å². The number of nitrogens with two attached hydrogens (primary N) is 1. The van der Waals surface area contributed by atoms with Crippen LogP contribution in [0.4, 0.5) is 10.2 Å². The Morgan fingerprint density at radius 1 is 1.36 bits per heavy atom. The number of hydrogen-bond acceptors (Lipinski definition) is 6. The van der Waals surface area contributed by atoms with E-state index in [2.05, 4.69) is 63.8 Å². The van der Waals surface area contributed by atoms with Crippen LogP contribution in [0.2, 0.25) is 0 Å². The summed E-state index contributed by atoms with van der Waals surface area (Å²) in [5.41, 5.74) is 11.4. The summed E-state index contributed by atoms with van der Waals surface area (Å²) in [6, 6.07) is 6.79. The third-order valence-corrected chi connectivity index (χ3v) is 5.95. The molecule has 33 heavy (non-hydrogen) atoms. The molecular formula is C24H28FN7S. The highest BCUT2D eigenvalue weighted by Crippen LogP contribution is 2.42. The van der Waals surface area contributed by atoms with Gasteiger partial charge in [-0.05, 0) is 49.6 Å². The minimum absolute atomic E-state index is 0.214. The largest absolute Gasteiger partial charge is 0.382 e. The molecule has 3 heterocycles. The second-order valence-electron chi connectivity index (χ2n) is 7.16. The molecule has 0 spiro atoms. The summed E-state index contributed by atoms with van der Waals surface area (Å²) in [7, 11) is 1.60. The second-order valence-corrected chi connectivity index (χ2v) is 7.99. The van der Waals surface area contributed by atoms with E-state index < -0.39 is 0 Å². The van der Waals surface area contributed by atoms with Crippen LogP contribution in [0.25, 0.3) is 5.57 Å². The van der Waals surface area contributed by atoms with Gasteiger partial charge in [0.25, 0.3) is 0 Å². The van der Waals surface area contributed by atoms with E-state index in [1.807, 2.05) is 6.07 Å². The zero-order valence-electron chi connectivity index (χ0n) is 19.3. The van der Waals surface area contributed by atoms with E-state index in [-0.39, 0.29) is 5.82 Å². The van der Waals surface area contributed by atoms with Gasteiger partial charge in [-0.15, -0.1) is 0 Å². The molecule has 0 radical (unpaired) electrons. The zero-order valence-corrected chi connectivity index (χ0v) is 20.1. The standard InChI is InChI=1S/C18H19FN2S.C6H9N5/c1-4-7-16-17(13-8-6-9-14(19)10-13)15(5-2)20-18-21(16)12(3)11-22-18;1-8-5(7)4-6(9-2)11-3-10-4/h6-11H,4-5H2,1-3H3;3H,2H2,1H3,(H2,7,8)(H,10,11)/b16-7-;. The lowest BCUT2D eigenvalue weighted by Gasteiger charge is -2.31. The van der Waals surface area contributed by atoms with Crippen LogP contribution in [0, 0.1) is 5.82 Å². The number of nitrogens with one attached hydrogen (secondary N) is 1. The molecule has 0 unspecified atom stereocenters. The predicted molar refractivity (Wildman–Crippen MR) is 137 cm³/mol. The van der Waals surface area contributed by atoms with Gasteiger partial charge in [0.2, 0.25) is 0 Å². The SMILES string of the molecule is C=Nc1nc[nH]c1C(N)=NC.CC/C=C1/C(c2cccc(F)c2)=C(CC)N=C2SC=C(C)N21. The normalized spacial score (nSPS) is 16.8. The maximum absolute atomic E-state index is 13.7. The smallest absolute Gasteiger partial charge is 0.180 e. The van der Waals surface area contributed by atoms with Crippen molar-refractivity contribution in [1.29, 1.82) is 0 Å². The van der Waals surface area contributed by atoms with Crippen molar-refractivity contribution < 1.29 is 4.39 Å². The van der Waals surface area contributed by atoms with Gasteiger partial charge in [0.1, 0.15) is 17.3 Å².